The molecule has 2 atom stereocenters. The second-order valence-corrected chi connectivity index (χ2v) is 6.53. The van der Waals surface area contributed by atoms with E-state index in [0.29, 0.717) is 17.4 Å². The lowest BCUT2D eigenvalue weighted by molar-refractivity contribution is 0.0895. The number of furan rings is 1. The lowest BCUT2D eigenvalue weighted by Gasteiger charge is -2.42. The van der Waals surface area contributed by atoms with E-state index in [-0.39, 0.29) is 0 Å². The van der Waals surface area contributed by atoms with E-state index in [0.717, 1.165) is 24.5 Å². The van der Waals surface area contributed by atoms with Crippen molar-refractivity contribution in [3.05, 3.63) is 23.7 Å². The molecule has 2 heteroatoms. The molecule has 1 aromatic rings. The van der Waals surface area contributed by atoms with Gasteiger partial charge < -0.3 is 9.73 Å². The molecule has 1 aliphatic carbocycles. The zero-order chi connectivity index (χ0) is 13.9. The fourth-order valence-electron chi connectivity index (χ4n) is 3.55. The molecule has 0 amide bonds. The van der Waals surface area contributed by atoms with Crippen LogP contribution in [-0.2, 0) is 6.42 Å². The van der Waals surface area contributed by atoms with Crippen LogP contribution in [0.1, 0.15) is 70.9 Å². The van der Waals surface area contributed by atoms with Crippen molar-refractivity contribution in [3.8, 4) is 0 Å². The molecule has 1 saturated carbocycles. The van der Waals surface area contributed by atoms with Gasteiger partial charge in [0.2, 0.25) is 0 Å². The molecule has 0 aromatic carbocycles. The van der Waals surface area contributed by atoms with Gasteiger partial charge in [-0.15, -0.1) is 0 Å². The van der Waals surface area contributed by atoms with Crippen LogP contribution in [0.15, 0.2) is 16.5 Å². The SMILES string of the molecule is CCNC(c1ccc(CC)o1)C1CCCCC1(C)C. The fourth-order valence-corrected chi connectivity index (χ4v) is 3.55. The van der Waals surface area contributed by atoms with E-state index in [1.165, 1.54) is 25.7 Å². The summed E-state index contributed by atoms with van der Waals surface area (Å²) in [6.45, 7) is 10.2. The number of hydrogen-bond donors (Lipinski definition) is 1. The van der Waals surface area contributed by atoms with E-state index < -0.39 is 0 Å². The molecular formula is C17H29NO. The Morgan fingerprint density at radius 2 is 2.11 bits per heavy atom. The average molecular weight is 263 g/mol. The van der Waals surface area contributed by atoms with Crippen molar-refractivity contribution in [1.29, 1.82) is 0 Å². The third kappa shape index (κ3) is 3.22. The Hall–Kier alpha value is -0.760. The van der Waals surface area contributed by atoms with Gasteiger partial charge in [-0.2, -0.15) is 0 Å². The normalized spacial score (nSPS) is 24.3. The molecule has 1 heterocycles. The van der Waals surface area contributed by atoms with Gasteiger partial charge >= 0.3 is 0 Å². The van der Waals surface area contributed by atoms with Gasteiger partial charge in [0.1, 0.15) is 11.5 Å². The summed E-state index contributed by atoms with van der Waals surface area (Å²) in [5.74, 6) is 2.92. The standard InChI is InChI=1S/C17H29NO/c1-5-13-10-11-15(19-13)16(18-6-2)14-9-7-8-12-17(14,3)4/h10-11,14,16,18H,5-9,12H2,1-4H3. The fraction of sp³-hybridized carbons (Fsp3) is 0.765. The molecule has 2 unspecified atom stereocenters. The summed E-state index contributed by atoms with van der Waals surface area (Å²) < 4.78 is 6.03. The minimum atomic E-state index is 0.376. The monoisotopic (exact) mass is 263 g/mol. The van der Waals surface area contributed by atoms with Crippen LogP contribution in [0.25, 0.3) is 0 Å². The molecule has 2 nitrogen and oxygen atoms in total. The minimum absolute atomic E-state index is 0.376. The van der Waals surface area contributed by atoms with Gasteiger partial charge in [0.15, 0.2) is 0 Å². The summed E-state index contributed by atoms with van der Waals surface area (Å²) in [6.07, 6.45) is 6.36. The molecule has 0 spiro atoms. The second kappa shape index (κ2) is 6.13. The van der Waals surface area contributed by atoms with Crippen molar-refractivity contribution in [2.24, 2.45) is 11.3 Å². The molecule has 0 saturated heterocycles. The molecule has 1 aliphatic rings. The van der Waals surface area contributed by atoms with E-state index in [2.05, 4.69) is 45.1 Å². The first-order valence-electron chi connectivity index (χ1n) is 7.90. The van der Waals surface area contributed by atoms with E-state index in [1.807, 2.05) is 0 Å². The first kappa shape index (κ1) is 14.6. The third-order valence-electron chi connectivity index (χ3n) is 4.75. The second-order valence-electron chi connectivity index (χ2n) is 6.53. The molecule has 108 valence electrons. The Kier molecular flexibility index (Phi) is 4.72. The maximum atomic E-state index is 6.03. The first-order valence-corrected chi connectivity index (χ1v) is 7.90. The van der Waals surface area contributed by atoms with Gasteiger partial charge in [0.25, 0.3) is 0 Å². The van der Waals surface area contributed by atoms with Crippen LogP contribution < -0.4 is 5.32 Å². The quantitative estimate of drug-likeness (QED) is 0.832. The van der Waals surface area contributed by atoms with Gasteiger partial charge in [-0.25, -0.2) is 0 Å². The lowest BCUT2D eigenvalue weighted by Crippen LogP contribution is -2.38. The van der Waals surface area contributed by atoms with Gasteiger partial charge in [0, 0.05) is 6.42 Å². The summed E-state index contributed by atoms with van der Waals surface area (Å²) in [4.78, 5) is 0. The van der Waals surface area contributed by atoms with Gasteiger partial charge in [-0.05, 0) is 42.9 Å². The van der Waals surface area contributed by atoms with Crippen LogP contribution in [0.3, 0.4) is 0 Å². The van der Waals surface area contributed by atoms with Crippen molar-refractivity contribution in [3.63, 3.8) is 0 Å². The molecule has 1 aromatic heterocycles. The maximum absolute atomic E-state index is 6.03. The van der Waals surface area contributed by atoms with Gasteiger partial charge in [-0.1, -0.05) is 40.5 Å². The highest BCUT2D eigenvalue weighted by Gasteiger charge is 2.39. The van der Waals surface area contributed by atoms with E-state index in [9.17, 15) is 0 Å². The maximum Gasteiger partial charge on any atom is 0.121 e. The number of aryl methyl sites for hydroxylation is 1. The van der Waals surface area contributed by atoms with Crippen LogP contribution in [-0.4, -0.2) is 6.54 Å². The van der Waals surface area contributed by atoms with Gasteiger partial charge in [-0.3, -0.25) is 0 Å². The lowest BCUT2D eigenvalue weighted by atomic mass is 9.65. The molecule has 2 rings (SSSR count). The molecule has 0 radical (unpaired) electrons. The van der Waals surface area contributed by atoms with E-state index in [1.54, 1.807) is 0 Å². The Labute approximate surface area is 118 Å². The highest BCUT2D eigenvalue weighted by atomic mass is 16.3. The minimum Gasteiger partial charge on any atom is -0.464 e. The van der Waals surface area contributed by atoms with Crippen LogP contribution in [0.2, 0.25) is 0 Å². The van der Waals surface area contributed by atoms with Crippen molar-refractivity contribution in [2.75, 3.05) is 6.54 Å². The molecule has 1 N–H and O–H groups in total. The average Bonchev–Trinajstić information content (AvgIpc) is 2.85. The van der Waals surface area contributed by atoms with Crippen LogP contribution in [0.4, 0.5) is 0 Å². The van der Waals surface area contributed by atoms with E-state index >= 15 is 0 Å². The summed E-state index contributed by atoms with van der Waals surface area (Å²) in [6, 6.07) is 4.69. The molecular weight excluding hydrogens is 234 g/mol. The predicted molar refractivity (Wildman–Crippen MR) is 80.2 cm³/mol. The molecule has 0 bridgehead atoms. The number of hydrogen-bond acceptors (Lipinski definition) is 2. The van der Waals surface area contributed by atoms with Gasteiger partial charge in [0.05, 0.1) is 6.04 Å². The smallest absolute Gasteiger partial charge is 0.121 e. The molecule has 1 fully saturated rings. The zero-order valence-corrected chi connectivity index (χ0v) is 13.0. The van der Waals surface area contributed by atoms with Crippen molar-refractivity contribution >= 4 is 0 Å². The van der Waals surface area contributed by atoms with Crippen molar-refractivity contribution in [1.82, 2.24) is 5.32 Å². The van der Waals surface area contributed by atoms with Crippen LogP contribution in [0.5, 0.6) is 0 Å². The van der Waals surface area contributed by atoms with Crippen molar-refractivity contribution in [2.45, 2.75) is 65.8 Å². The zero-order valence-electron chi connectivity index (χ0n) is 13.0. The van der Waals surface area contributed by atoms with Crippen LogP contribution in [0, 0.1) is 11.3 Å². The number of nitrogens with one attached hydrogen (secondary N) is 1. The summed E-state index contributed by atoms with van der Waals surface area (Å²) in [5.41, 5.74) is 0.407. The highest BCUT2D eigenvalue weighted by molar-refractivity contribution is 5.13. The third-order valence-corrected chi connectivity index (χ3v) is 4.75. The number of rotatable bonds is 5. The summed E-state index contributed by atoms with van der Waals surface area (Å²) >= 11 is 0. The Bertz CT molecular complexity index is 394. The topological polar surface area (TPSA) is 25.2 Å². The summed E-state index contributed by atoms with van der Waals surface area (Å²) in [5, 5.41) is 3.67. The largest absolute Gasteiger partial charge is 0.464 e. The first-order chi connectivity index (χ1) is 9.08. The Balaban J connectivity index is 2.23. The van der Waals surface area contributed by atoms with Crippen molar-refractivity contribution < 1.29 is 4.42 Å². The molecule has 19 heavy (non-hydrogen) atoms. The van der Waals surface area contributed by atoms with E-state index in [4.69, 9.17) is 4.42 Å². The predicted octanol–water partition coefficient (Wildman–Crippen LogP) is 4.71. The Morgan fingerprint density at radius 1 is 1.32 bits per heavy atom. The Morgan fingerprint density at radius 3 is 2.68 bits per heavy atom. The molecule has 0 aliphatic heterocycles. The van der Waals surface area contributed by atoms with Crippen LogP contribution >= 0.6 is 0 Å². The summed E-state index contributed by atoms with van der Waals surface area (Å²) in [7, 11) is 0. The highest BCUT2D eigenvalue weighted by Crippen LogP contribution is 2.47.